The molecule has 0 saturated heterocycles. The fourth-order valence-electron chi connectivity index (χ4n) is 4.00. The van der Waals surface area contributed by atoms with E-state index in [2.05, 4.69) is 9.97 Å². The summed E-state index contributed by atoms with van der Waals surface area (Å²) in [4.78, 5) is 23.5. The van der Waals surface area contributed by atoms with Crippen molar-refractivity contribution in [2.75, 3.05) is 12.3 Å². The normalized spacial score (nSPS) is 14.4. The SMILES string of the molecule is CCCN(C(=O)c1cc2c3c(c(N)nc2cc1Cl)COC3)[C@@H](C)c1ccc(C(F)(F)F)cn1. The molecule has 3 heterocycles. The topological polar surface area (TPSA) is 81.3 Å². The predicted molar refractivity (Wildman–Crippen MR) is 119 cm³/mol. The molecule has 0 saturated carbocycles. The van der Waals surface area contributed by atoms with Crippen molar-refractivity contribution >= 4 is 34.2 Å². The number of nitrogens with zero attached hydrogens (tertiary/aromatic N) is 3. The number of alkyl halides is 3. The first-order valence-electron chi connectivity index (χ1n) is 10.4. The maximum Gasteiger partial charge on any atom is 0.417 e. The van der Waals surface area contributed by atoms with Crippen LogP contribution in [0.3, 0.4) is 0 Å². The van der Waals surface area contributed by atoms with Crippen molar-refractivity contribution in [1.82, 2.24) is 14.9 Å². The second-order valence-electron chi connectivity index (χ2n) is 7.94. The van der Waals surface area contributed by atoms with Gasteiger partial charge in [0, 0.05) is 23.7 Å². The Balaban J connectivity index is 1.72. The van der Waals surface area contributed by atoms with E-state index in [9.17, 15) is 18.0 Å². The average molecular weight is 479 g/mol. The van der Waals surface area contributed by atoms with Crippen LogP contribution >= 0.6 is 11.6 Å². The van der Waals surface area contributed by atoms with E-state index in [1.54, 1.807) is 24.0 Å². The second-order valence-corrected chi connectivity index (χ2v) is 8.35. The first kappa shape index (κ1) is 23.3. The Bertz CT molecular complexity index is 1220. The Morgan fingerprint density at radius 3 is 2.64 bits per heavy atom. The molecule has 6 nitrogen and oxygen atoms in total. The largest absolute Gasteiger partial charge is 0.417 e. The number of pyridine rings is 2. The summed E-state index contributed by atoms with van der Waals surface area (Å²) in [5.41, 5.74) is 8.06. The molecule has 0 fully saturated rings. The van der Waals surface area contributed by atoms with Gasteiger partial charge in [-0.1, -0.05) is 18.5 Å². The summed E-state index contributed by atoms with van der Waals surface area (Å²) in [5, 5.41) is 0.952. The lowest BCUT2D eigenvalue weighted by Gasteiger charge is -2.29. The molecule has 174 valence electrons. The molecule has 0 aliphatic carbocycles. The van der Waals surface area contributed by atoms with E-state index < -0.39 is 17.8 Å². The van der Waals surface area contributed by atoms with Gasteiger partial charge in [0.25, 0.3) is 5.91 Å². The van der Waals surface area contributed by atoms with Gasteiger partial charge in [0.05, 0.1) is 46.6 Å². The number of amides is 1. The monoisotopic (exact) mass is 478 g/mol. The molecule has 1 aromatic carbocycles. The fourth-order valence-corrected chi connectivity index (χ4v) is 4.24. The molecule has 2 N–H and O–H groups in total. The van der Waals surface area contributed by atoms with E-state index in [0.717, 1.165) is 28.8 Å². The molecule has 1 aliphatic heterocycles. The van der Waals surface area contributed by atoms with Crippen molar-refractivity contribution in [3.63, 3.8) is 0 Å². The van der Waals surface area contributed by atoms with E-state index >= 15 is 0 Å². The lowest BCUT2D eigenvalue weighted by Crippen LogP contribution is -2.35. The van der Waals surface area contributed by atoms with Gasteiger partial charge in [0.2, 0.25) is 0 Å². The summed E-state index contributed by atoms with van der Waals surface area (Å²) >= 11 is 6.47. The second kappa shape index (κ2) is 8.79. The number of anilines is 1. The van der Waals surface area contributed by atoms with Gasteiger partial charge in [-0.15, -0.1) is 0 Å². The summed E-state index contributed by atoms with van der Waals surface area (Å²) in [6.07, 6.45) is -3.06. The molecule has 1 atom stereocenters. The number of rotatable bonds is 5. The van der Waals surface area contributed by atoms with Gasteiger partial charge in [0.15, 0.2) is 0 Å². The van der Waals surface area contributed by atoms with Gasteiger partial charge in [-0.3, -0.25) is 9.78 Å². The highest BCUT2D eigenvalue weighted by Gasteiger charge is 2.32. The summed E-state index contributed by atoms with van der Waals surface area (Å²) < 4.78 is 44.2. The Morgan fingerprint density at radius 2 is 2.00 bits per heavy atom. The maximum absolute atomic E-state index is 13.6. The number of nitrogens with two attached hydrogens (primary N) is 1. The minimum absolute atomic E-state index is 0.215. The van der Waals surface area contributed by atoms with Crippen LogP contribution in [-0.4, -0.2) is 27.3 Å². The lowest BCUT2D eigenvalue weighted by molar-refractivity contribution is -0.137. The van der Waals surface area contributed by atoms with Crippen LogP contribution in [0.4, 0.5) is 19.0 Å². The summed E-state index contributed by atoms with van der Waals surface area (Å²) in [5.74, 6) is 0.0298. The molecule has 2 aromatic heterocycles. The van der Waals surface area contributed by atoms with E-state index in [-0.39, 0.29) is 16.5 Å². The number of carbonyl (C=O) groups is 1. The van der Waals surface area contributed by atoms with Gasteiger partial charge < -0.3 is 15.4 Å². The first-order chi connectivity index (χ1) is 15.6. The van der Waals surface area contributed by atoms with Crippen LogP contribution in [0, 0.1) is 0 Å². The first-order valence-corrected chi connectivity index (χ1v) is 10.8. The lowest BCUT2D eigenvalue weighted by atomic mass is 10.0. The Labute approximate surface area is 193 Å². The predicted octanol–water partition coefficient (Wildman–Crippen LogP) is 5.53. The third-order valence-corrected chi connectivity index (χ3v) is 6.10. The molecule has 0 spiro atoms. The van der Waals surface area contributed by atoms with Crippen LogP contribution in [0.5, 0.6) is 0 Å². The van der Waals surface area contributed by atoms with Gasteiger partial charge in [-0.2, -0.15) is 13.2 Å². The molecular formula is C23H22ClF3N4O2. The van der Waals surface area contributed by atoms with Crippen LogP contribution < -0.4 is 5.73 Å². The van der Waals surface area contributed by atoms with Crippen LogP contribution in [0.25, 0.3) is 10.9 Å². The molecular weight excluding hydrogens is 457 g/mol. The highest BCUT2D eigenvalue weighted by atomic mass is 35.5. The Morgan fingerprint density at radius 1 is 1.27 bits per heavy atom. The molecule has 0 unspecified atom stereocenters. The molecule has 0 radical (unpaired) electrons. The molecule has 1 amide bonds. The molecule has 3 aromatic rings. The van der Waals surface area contributed by atoms with Crippen LogP contribution in [-0.2, 0) is 24.1 Å². The highest BCUT2D eigenvalue weighted by Crippen LogP contribution is 2.35. The summed E-state index contributed by atoms with van der Waals surface area (Å²) in [6, 6.07) is 4.99. The molecule has 4 rings (SSSR count). The van der Waals surface area contributed by atoms with Crippen molar-refractivity contribution < 1.29 is 22.7 Å². The van der Waals surface area contributed by atoms with Crippen LogP contribution in [0.15, 0.2) is 30.5 Å². The van der Waals surface area contributed by atoms with E-state index in [4.69, 9.17) is 22.1 Å². The Kier molecular flexibility index (Phi) is 6.20. The highest BCUT2D eigenvalue weighted by molar-refractivity contribution is 6.34. The van der Waals surface area contributed by atoms with Crippen LogP contribution in [0.1, 0.15) is 59.1 Å². The number of hydrogen-bond donors (Lipinski definition) is 1. The van der Waals surface area contributed by atoms with Crippen LogP contribution in [0.2, 0.25) is 5.02 Å². The number of ether oxygens (including phenoxy) is 1. The maximum atomic E-state index is 13.6. The van der Waals surface area contributed by atoms with Crippen molar-refractivity contribution in [1.29, 1.82) is 0 Å². The van der Waals surface area contributed by atoms with Crippen molar-refractivity contribution in [2.45, 2.75) is 45.7 Å². The number of carbonyl (C=O) groups excluding carboxylic acids is 1. The van der Waals surface area contributed by atoms with Gasteiger partial charge in [0.1, 0.15) is 5.82 Å². The quantitative estimate of drug-likeness (QED) is 0.521. The summed E-state index contributed by atoms with van der Waals surface area (Å²) in [7, 11) is 0. The van der Waals surface area contributed by atoms with Crippen molar-refractivity contribution in [3.8, 4) is 0 Å². The number of aromatic nitrogens is 2. The summed E-state index contributed by atoms with van der Waals surface area (Å²) in [6.45, 7) is 4.73. The van der Waals surface area contributed by atoms with E-state index in [0.29, 0.717) is 43.2 Å². The molecule has 0 bridgehead atoms. The number of fused-ring (bicyclic) bond motifs is 3. The van der Waals surface area contributed by atoms with Gasteiger partial charge in [-0.05, 0) is 43.2 Å². The van der Waals surface area contributed by atoms with E-state index in [1.807, 2.05) is 6.92 Å². The average Bonchev–Trinajstić information content (AvgIpc) is 3.27. The zero-order valence-corrected chi connectivity index (χ0v) is 18.8. The molecule has 10 heteroatoms. The zero-order valence-electron chi connectivity index (χ0n) is 18.0. The third kappa shape index (κ3) is 4.35. The van der Waals surface area contributed by atoms with E-state index in [1.165, 1.54) is 6.07 Å². The van der Waals surface area contributed by atoms with Crippen molar-refractivity contribution in [2.24, 2.45) is 0 Å². The minimum atomic E-state index is -4.48. The number of nitrogen functional groups attached to an aromatic ring is 1. The van der Waals surface area contributed by atoms with Crippen molar-refractivity contribution in [3.05, 3.63) is 63.4 Å². The standard InChI is InChI=1S/C23H22ClF3N4O2/c1-3-6-31(12(2)19-5-4-13(9-29-19)23(25,26)27)22(32)15-7-14-16-10-33-11-17(16)21(28)30-20(14)8-18(15)24/h4-5,7-9,12H,3,6,10-11H2,1-2H3,(H2,28,30)/t12-/m0/s1. The van der Waals surface area contributed by atoms with Gasteiger partial charge in [-0.25, -0.2) is 4.98 Å². The molecule has 33 heavy (non-hydrogen) atoms. The smallest absolute Gasteiger partial charge is 0.383 e. The Hall–Kier alpha value is -2.91. The minimum Gasteiger partial charge on any atom is -0.383 e. The third-order valence-electron chi connectivity index (χ3n) is 5.78. The fraction of sp³-hybridized carbons (Fsp3) is 0.348. The van der Waals surface area contributed by atoms with Gasteiger partial charge >= 0.3 is 6.18 Å². The zero-order chi connectivity index (χ0) is 23.9. The number of hydrogen-bond acceptors (Lipinski definition) is 5. The number of halogens is 4. The molecule has 1 aliphatic rings. The number of benzene rings is 1.